The van der Waals surface area contributed by atoms with Gasteiger partial charge in [-0.25, -0.2) is 4.79 Å². The van der Waals surface area contributed by atoms with Crippen LogP contribution in [0.2, 0.25) is 0 Å². The van der Waals surface area contributed by atoms with Gasteiger partial charge in [-0.3, -0.25) is 0 Å². The number of rotatable bonds is 1. The van der Waals surface area contributed by atoms with E-state index < -0.39 is 6.09 Å². The summed E-state index contributed by atoms with van der Waals surface area (Å²) < 4.78 is 4.83. The molecule has 0 bridgehead atoms. The topological polar surface area (TPSA) is 83.8 Å². The highest BCUT2D eigenvalue weighted by molar-refractivity contribution is 5.64. The van der Waals surface area contributed by atoms with E-state index in [4.69, 9.17) is 10.5 Å². The largest absolute Gasteiger partial charge is 0.446 e. The van der Waals surface area contributed by atoms with E-state index in [1.807, 2.05) is 0 Å². The van der Waals surface area contributed by atoms with Crippen LogP contribution in [0.25, 0.3) is 0 Å². The molecule has 1 rings (SSSR count). The zero-order valence-corrected chi connectivity index (χ0v) is 6.51. The van der Waals surface area contributed by atoms with Crippen molar-refractivity contribution in [2.24, 2.45) is 5.73 Å². The Kier molecular flexibility index (Phi) is 4.61. The van der Waals surface area contributed by atoms with Crippen molar-refractivity contribution in [3.63, 3.8) is 0 Å². The van der Waals surface area contributed by atoms with E-state index >= 15 is 0 Å². The molecule has 0 radical (unpaired) electrons. The Morgan fingerprint density at radius 2 is 1.82 bits per heavy atom. The molecule has 0 aromatic heterocycles. The van der Waals surface area contributed by atoms with E-state index in [2.05, 4.69) is 0 Å². The van der Waals surface area contributed by atoms with Gasteiger partial charge in [0.1, 0.15) is 6.10 Å². The van der Waals surface area contributed by atoms with E-state index in [9.17, 15) is 4.79 Å². The second kappa shape index (κ2) is 4.96. The van der Waals surface area contributed by atoms with Gasteiger partial charge in [0.2, 0.25) is 0 Å². The van der Waals surface area contributed by atoms with Crippen LogP contribution in [0, 0.1) is 0 Å². The third kappa shape index (κ3) is 3.83. The Hall–Kier alpha value is -0.770. The van der Waals surface area contributed by atoms with Crippen molar-refractivity contribution in [2.75, 3.05) is 0 Å². The van der Waals surface area contributed by atoms with Crippen molar-refractivity contribution < 1.29 is 15.0 Å². The van der Waals surface area contributed by atoms with Gasteiger partial charge in [0, 0.05) is 0 Å². The standard InChI is InChI=1S/C7H13NO2.H2O/c8-7(9)10-6-4-2-1-3-5-6;/h6H,1-5H2,(H2,8,9);1H2. The predicted molar refractivity (Wildman–Crippen MR) is 41.2 cm³/mol. The normalized spacial score (nSPS) is 18.5. The van der Waals surface area contributed by atoms with Crippen LogP contribution < -0.4 is 5.73 Å². The average Bonchev–Trinajstić information content (AvgIpc) is 1.88. The molecular formula is C7H15NO3. The maximum absolute atomic E-state index is 10.3. The van der Waals surface area contributed by atoms with Crippen molar-refractivity contribution in [1.82, 2.24) is 0 Å². The first-order valence-electron chi connectivity index (χ1n) is 3.75. The van der Waals surface area contributed by atoms with Crippen molar-refractivity contribution in [3.8, 4) is 0 Å². The minimum absolute atomic E-state index is 0. The summed E-state index contributed by atoms with van der Waals surface area (Å²) in [6.45, 7) is 0. The lowest BCUT2D eigenvalue weighted by Crippen LogP contribution is -2.24. The molecule has 0 unspecified atom stereocenters. The fourth-order valence-electron chi connectivity index (χ4n) is 1.35. The monoisotopic (exact) mass is 161 g/mol. The van der Waals surface area contributed by atoms with Crippen LogP contribution >= 0.6 is 0 Å². The Morgan fingerprint density at radius 1 is 1.27 bits per heavy atom. The van der Waals surface area contributed by atoms with Crippen LogP contribution in [0.5, 0.6) is 0 Å². The third-order valence-corrected chi connectivity index (χ3v) is 1.84. The summed E-state index contributed by atoms with van der Waals surface area (Å²) >= 11 is 0. The summed E-state index contributed by atoms with van der Waals surface area (Å²) in [4.78, 5) is 10.3. The fourth-order valence-corrected chi connectivity index (χ4v) is 1.35. The zero-order valence-electron chi connectivity index (χ0n) is 6.51. The molecule has 11 heavy (non-hydrogen) atoms. The molecule has 1 saturated carbocycles. The Balaban J connectivity index is 0.000001000. The van der Waals surface area contributed by atoms with Gasteiger partial charge in [-0.1, -0.05) is 6.42 Å². The van der Waals surface area contributed by atoms with Crippen molar-refractivity contribution in [3.05, 3.63) is 0 Å². The minimum atomic E-state index is -0.632. The number of nitrogens with two attached hydrogens (primary N) is 1. The van der Waals surface area contributed by atoms with Crippen LogP contribution in [0.4, 0.5) is 4.79 Å². The van der Waals surface area contributed by atoms with Gasteiger partial charge in [-0.15, -0.1) is 0 Å². The molecule has 0 aliphatic heterocycles. The number of hydrogen-bond acceptors (Lipinski definition) is 2. The van der Waals surface area contributed by atoms with Gasteiger partial charge in [0.05, 0.1) is 0 Å². The first kappa shape index (κ1) is 10.2. The lowest BCUT2D eigenvalue weighted by atomic mass is 9.98. The molecule has 4 heteroatoms. The zero-order chi connectivity index (χ0) is 7.40. The predicted octanol–water partition coefficient (Wildman–Crippen LogP) is 0.590. The Morgan fingerprint density at radius 3 is 2.27 bits per heavy atom. The highest BCUT2D eigenvalue weighted by Gasteiger charge is 2.15. The van der Waals surface area contributed by atoms with Crippen molar-refractivity contribution >= 4 is 6.09 Å². The second-order valence-corrected chi connectivity index (χ2v) is 2.70. The Labute approximate surface area is 66.0 Å². The summed E-state index contributed by atoms with van der Waals surface area (Å²) in [5, 5.41) is 0. The molecule has 0 saturated heterocycles. The molecule has 0 aromatic rings. The molecule has 1 fully saturated rings. The average molecular weight is 161 g/mol. The molecule has 0 heterocycles. The number of amides is 1. The molecule has 0 aromatic carbocycles. The van der Waals surface area contributed by atoms with Crippen molar-refractivity contribution in [2.45, 2.75) is 38.2 Å². The molecule has 0 spiro atoms. The lowest BCUT2D eigenvalue weighted by molar-refractivity contribution is 0.0829. The number of carbonyl (C=O) groups is 1. The Bertz CT molecular complexity index is 121. The smallest absolute Gasteiger partial charge is 0.404 e. The van der Waals surface area contributed by atoms with Gasteiger partial charge in [0.25, 0.3) is 0 Å². The van der Waals surface area contributed by atoms with E-state index in [0.29, 0.717) is 0 Å². The number of ether oxygens (including phenoxy) is 1. The first-order valence-corrected chi connectivity index (χ1v) is 3.75. The number of carbonyl (C=O) groups excluding carboxylic acids is 1. The van der Waals surface area contributed by atoms with Crippen molar-refractivity contribution in [1.29, 1.82) is 0 Å². The van der Waals surface area contributed by atoms with Crippen LogP contribution in [0.1, 0.15) is 32.1 Å². The first-order chi connectivity index (χ1) is 4.79. The molecule has 1 aliphatic carbocycles. The molecule has 1 aliphatic rings. The maximum atomic E-state index is 10.3. The molecule has 66 valence electrons. The minimum Gasteiger partial charge on any atom is -0.446 e. The summed E-state index contributed by atoms with van der Waals surface area (Å²) in [6, 6.07) is 0. The quantitative estimate of drug-likeness (QED) is 0.610. The fraction of sp³-hybridized carbons (Fsp3) is 0.857. The van der Waals surface area contributed by atoms with Gasteiger partial charge >= 0.3 is 6.09 Å². The maximum Gasteiger partial charge on any atom is 0.404 e. The summed E-state index contributed by atoms with van der Waals surface area (Å²) in [5.74, 6) is 0. The van der Waals surface area contributed by atoms with Gasteiger partial charge in [-0.2, -0.15) is 0 Å². The number of hydrogen-bond donors (Lipinski definition) is 1. The van der Waals surface area contributed by atoms with Gasteiger partial charge < -0.3 is 15.9 Å². The van der Waals surface area contributed by atoms with Gasteiger partial charge in [0.15, 0.2) is 0 Å². The number of primary amides is 1. The van der Waals surface area contributed by atoms with Gasteiger partial charge in [-0.05, 0) is 25.7 Å². The highest BCUT2D eigenvalue weighted by atomic mass is 16.6. The summed E-state index contributed by atoms with van der Waals surface area (Å²) in [6.07, 6.45) is 5.04. The molecule has 4 N–H and O–H groups in total. The van der Waals surface area contributed by atoms with E-state index in [-0.39, 0.29) is 11.6 Å². The highest BCUT2D eigenvalue weighted by Crippen LogP contribution is 2.19. The lowest BCUT2D eigenvalue weighted by Gasteiger charge is -2.20. The third-order valence-electron chi connectivity index (χ3n) is 1.84. The molecule has 0 atom stereocenters. The molecule has 1 amide bonds. The molecular weight excluding hydrogens is 146 g/mol. The van der Waals surface area contributed by atoms with Crippen LogP contribution in [0.15, 0.2) is 0 Å². The van der Waals surface area contributed by atoms with E-state index in [1.165, 1.54) is 6.42 Å². The van der Waals surface area contributed by atoms with Crippen LogP contribution in [-0.4, -0.2) is 17.7 Å². The molecule has 4 nitrogen and oxygen atoms in total. The summed E-state index contributed by atoms with van der Waals surface area (Å²) in [5.41, 5.74) is 4.86. The summed E-state index contributed by atoms with van der Waals surface area (Å²) in [7, 11) is 0. The van der Waals surface area contributed by atoms with Crippen LogP contribution in [-0.2, 0) is 4.74 Å². The van der Waals surface area contributed by atoms with Crippen LogP contribution in [0.3, 0.4) is 0 Å². The SMILES string of the molecule is NC(=O)OC1CCCCC1.O. The van der Waals surface area contributed by atoms with E-state index in [0.717, 1.165) is 25.7 Å². The second-order valence-electron chi connectivity index (χ2n) is 2.70. The van der Waals surface area contributed by atoms with E-state index in [1.54, 1.807) is 0 Å².